The van der Waals surface area contributed by atoms with Gasteiger partial charge < -0.3 is 14.8 Å². The van der Waals surface area contributed by atoms with Crippen molar-refractivity contribution in [3.63, 3.8) is 0 Å². The van der Waals surface area contributed by atoms with Gasteiger partial charge in [0.2, 0.25) is 15.9 Å². The summed E-state index contributed by atoms with van der Waals surface area (Å²) in [6, 6.07) is 9.79. The molecule has 11 heteroatoms. The van der Waals surface area contributed by atoms with Crippen LogP contribution in [0.1, 0.15) is 12.8 Å². The molecule has 0 aliphatic carbocycles. The molecule has 0 unspecified atom stereocenters. The van der Waals surface area contributed by atoms with Crippen LogP contribution in [0.15, 0.2) is 47.4 Å². The van der Waals surface area contributed by atoms with Gasteiger partial charge in [-0.05, 0) is 18.2 Å². The average molecular weight is 421 g/mol. The Morgan fingerprint density at radius 1 is 1.10 bits per heavy atom. The van der Waals surface area contributed by atoms with E-state index in [1.165, 1.54) is 42.5 Å². The van der Waals surface area contributed by atoms with Gasteiger partial charge in [0, 0.05) is 43.3 Å². The number of rotatable bonds is 7. The monoisotopic (exact) mass is 421 g/mol. The summed E-state index contributed by atoms with van der Waals surface area (Å²) >= 11 is 0. The molecule has 1 aliphatic heterocycles. The minimum atomic E-state index is -3.85. The van der Waals surface area contributed by atoms with E-state index in [4.69, 9.17) is 9.47 Å². The third kappa shape index (κ3) is 5.42. The molecule has 0 saturated carbocycles. The van der Waals surface area contributed by atoms with Gasteiger partial charge in [-0.25, -0.2) is 13.1 Å². The predicted octanol–water partition coefficient (Wildman–Crippen LogP) is 2.06. The number of nitro benzene ring substituents is 1. The molecule has 0 fully saturated rings. The number of hydrogen-bond acceptors (Lipinski definition) is 7. The molecule has 0 bridgehead atoms. The van der Waals surface area contributed by atoms with Crippen LogP contribution in [0.4, 0.5) is 11.4 Å². The van der Waals surface area contributed by atoms with Crippen LogP contribution >= 0.6 is 0 Å². The molecule has 0 aromatic heterocycles. The molecule has 29 heavy (non-hydrogen) atoms. The van der Waals surface area contributed by atoms with Gasteiger partial charge in [0.25, 0.3) is 5.69 Å². The summed E-state index contributed by atoms with van der Waals surface area (Å²) in [5, 5.41) is 13.3. The first kappa shape index (κ1) is 20.6. The second-order valence-electron chi connectivity index (χ2n) is 6.16. The highest BCUT2D eigenvalue weighted by atomic mass is 32.2. The number of carbonyl (C=O) groups excluding carboxylic acids is 1. The summed E-state index contributed by atoms with van der Waals surface area (Å²) < 4.78 is 38.2. The van der Waals surface area contributed by atoms with Crippen molar-refractivity contribution in [2.75, 3.05) is 25.1 Å². The Balaban J connectivity index is 1.56. The first-order valence-electron chi connectivity index (χ1n) is 8.79. The van der Waals surface area contributed by atoms with Crippen molar-refractivity contribution < 1.29 is 27.6 Å². The Labute approximate surface area is 167 Å². The number of anilines is 1. The van der Waals surface area contributed by atoms with Gasteiger partial charge >= 0.3 is 0 Å². The molecule has 1 amide bonds. The largest absolute Gasteiger partial charge is 0.490 e. The van der Waals surface area contributed by atoms with Crippen LogP contribution in [0.25, 0.3) is 0 Å². The highest BCUT2D eigenvalue weighted by molar-refractivity contribution is 7.89. The molecule has 0 saturated heterocycles. The third-order valence-electron chi connectivity index (χ3n) is 4.01. The zero-order chi connectivity index (χ0) is 20.9. The Bertz CT molecular complexity index is 1020. The van der Waals surface area contributed by atoms with Crippen molar-refractivity contribution in [2.24, 2.45) is 0 Å². The first-order chi connectivity index (χ1) is 13.8. The number of nitro groups is 1. The van der Waals surface area contributed by atoms with E-state index < -0.39 is 20.9 Å². The maximum atomic E-state index is 12.4. The molecule has 0 spiro atoms. The van der Waals surface area contributed by atoms with E-state index in [9.17, 15) is 23.3 Å². The number of nitrogens with one attached hydrogen (secondary N) is 2. The maximum absolute atomic E-state index is 12.4. The van der Waals surface area contributed by atoms with E-state index in [2.05, 4.69) is 10.0 Å². The molecule has 1 aliphatic rings. The van der Waals surface area contributed by atoms with Crippen molar-refractivity contribution in [1.82, 2.24) is 4.72 Å². The quantitative estimate of drug-likeness (QED) is 0.516. The molecular weight excluding hydrogens is 402 g/mol. The van der Waals surface area contributed by atoms with E-state index in [1.807, 2.05) is 0 Å². The van der Waals surface area contributed by atoms with Gasteiger partial charge in [-0.1, -0.05) is 6.07 Å². The van der Waals surface area contributed by atoms with E-state index in [0.717, 1.165) is 0 Å². The summed E-state index contributed by atoms with van der Waals surface area (Å²) in [5.74, 6) is 0.360. The number of sulfonamides is 1. The Kier molecular flexibility index (Phi) is 6.29. The van der Waals surface area contributed by atoms with E-state index in [1.54, 1.807) is 0 Å². The molecule has 0 radical (unpaired) electrons. The third-order valence-corrected chi connectivity index (χ3v) is 5.47. The molecule has 3 rings (SSSR count). The molecule has 1 heterocycles. The van der Waals surface area contributed by atoms with Crippen molar-refractivity contribution >= 4 is 27.3 Å². The summed E-state index contributed by atoms with van der Waals surface area (Å²) in [6.07, 6.45) is 0.557. The SMILES string of the molecule is O=C(CCNS(=O)(=O)c1ccc2c(c1)OCCCO2)Nc1cccc([N+](=O)[O-])c1. The predicted molar refractivity (Wildman–Crippen MR) is 104 cm³/mol. The van der Waals surface area contributed by atoms with Crippen molar-refractivity contribution in [3.05, 3.63) is 52.6 Å². The van der Waals surface area contributed by atoms with Crippen LogP contribution in [0.5, 0.6) is 11.5 Å². The van der Waals surface area contributed by atoms with Crippen LogP contribution in [0, 0.1) is 10.1 Å². The van der Waals surface area contributed by atoms with Crippen LogP contribution in [-0.4, -0.2) is 39.0 Å². The lowest BCUT2D eigenvalue weighted by molar-refractivity contribution is -0.384. The highest BCUT2D eigenvalue weighted by Gasteiger charge is 2.19. The Morgan fingerprint density at radius 2 is 1.86 bits per heavy atom. The van der Waals surface area contributed by atoms with Crippen LogP contribution in [-0.2, 0) is 14.8 Å². The fourth-order valence-electron chi connectivity index (χ4n) is 2.61. The van der Waals surface area contributed by atoms with Gasteiger partial charge in [0.15, 0.2) is 11.5 Å². The van der Waals surface area contributed by atoms with E-state index in [0.29, 0.717) is 31.1 Å². The molecule has 2 aromatic carbocycles. The molecule has 2 aromatic rings. The number of non-ortho nitro benzene ring substituents is 1. The summed E-state index contributed by atoms with van der Waals surface area (Å²) in [5.41, 5.74) is 0.105. The first-order valence-corrected chi connectivity index (χ1v) is 10.3. The van der Waals surface area contributed by atoms with Crippen LogP contribution < -0.4 is 19.5 Å². The van der Waals surface area contributed by atoms with Gasteiger partial charge in [0.05, 0.1) is 23.0 Å². The normalized spacial score (nSPS) is 13.4. The van der Waals surface area contributed by atoms with Crippen molar-refractivity contribution in [1.29, 1.82) is 0 Å². The lowest BCUT2D eigenvalue weighted by Gasteiger charge is -2.11. The Morgan fingerprint density at radius 3 is 2.62 bits per heavy atom. The number of ether oxygens (including phenoxy) is 2. The van der Waals surface area contributed by atoms with Gasteiger partial charge in [-0.2, -0.15) is 0 Å². The van der Waals surface area contributed by atoms with Crippen LogP contribution in [0.2, 0.25) is 0 Å². The minimum Gasteiger partial charge on any atom is -0.490 e. The topological polar surface area (TPSA) is 137 Å². The molecule has 0 atom stereocenters. The number of hydrogen-bond donors (Lipinski definition) is 2. The molecule has 2 N–H and O–H groups in total. The van der Waals surface area contributed by atoms with Gasteiger partial charge in [-0.15, -0.1) is 0 Å². The number of amides is 1. The van der Waals surface area contributed by atoms with E-state index >= 15 is 0 Å². The Hall–Kier alpha value is -3.18. The zero-order valence-electron chi connectivity index (χ0n) is 15.3. The second-order valence-corrected chi connectivity index (χ2v) is 7.93. The maximum Gasteiger partial charge on any atom is 0.271 e. The number of fused-ring (bicyclic) bond motifs is 1. The van der Waals surface area contributed by atoms with Crippen LogP contribution in [0.3, 0.4) is 0 Å². The average Bonchev–Trinajstić information content (AvgIpc) is 2.92. The fraction of sp³-hybridized carbons (Fsp3) is 0.278. The van der Waals surface area contributed by atoms with Crippen molar-refractivity contribution in [3.8, 4) is 11.5 Å². The highest BCUT2D eigenvalue weighted by Crippen LogP contribution is 2.31. The number of carbonyl (C=O) groups is 1. The minimum absolute atomic E-state index is 0.000780. The number of nitrogens with zero attached hydrogens (tertiary/aromatic N) is 1. The lowest BCUT2D eigenvalue weighted by atomic mass is 10.2. The molecular formula is C18H19N3O7S. The standard InChI is InChI=1S/C18H19N3O7S/c22-18(20-13-3-1-4-14(11-13)21(23)24)7-8-19-29(25,26)15-5-6-16-17(12-15)28-10-2-9-27-16/h1,3-6,11-12,19H,2,7-10H2,(H,20,22). The summed E-state index contributed by atoms with van der Waals surface area (Å²) in [6.45, 7) is 0.788. The van der Waals surface area contributed by atoms with E-state index in [-0.39, 0.29) is 29.2 Å². The fourth-order valence-corrected chi connectivity index (χ4v) is 3.66. The summed E-state index contributed by atoms with van der Waals surface area (Å²) in [4.78, 5) is 22.2. The molecule has 154 valence electrons. The smallest absolute Gasteiger partial charge is 0.271 e. The zero-order valence-corrected chi connectivity index (χ0v) is 16.1. The summed E-state index contributed by atoms with van der Waals surface area (Å²) in [7, 11) is -3.85. The number of benzene rings is 2. The molecule has 10 nitrogen and oxygen atoms in total. The second kappa shape index (κ2) is 8.88. The van der Waals surface area contributed by atoms with Gasteiger partial charge in [-0.3, -0.25) is 14.9 Å². The van der Waals surface area contributed by atoms with Crippen molar-refractivity contribution in [2.45, 2.75) is 17.7 Å². The lowest BCUT2D eigenvalue weighted by Crippen LogP contribution is -2.27. The van der Waals surface area contributed by atoms with Gasteiger partial charge in [0.1, 0.15) is 0 Å².